The summed E-state index contributed by atoms with van der Waals surface area (Å²) in [6, 6.07) is 4.59. The van der Waals surface area contributed by atoms with Gasteiger partial charge in [-0.1, -0.05) is 6.07 Å². The molecule has 8 nitrogen and oxygen atoms in total. The van der Waals surface area contributed by atoms with E-state index < -0.39 is 10.0 Å². The normalized spacial score (nSPS) is 21.0. The zero-order chi connectivity index (χ0) is 19.4. The summed E-state index contributed by atoms with van der Waals surface area (Å²) in [6.45, 7) is 3.76. The predicted octanol–water partition coefficient (Wildman–Crippen LogP) is 1.19. The summed E-state index contributed by atoms with van der Waals surface area (Å²) < 4.78 is 33.5. The average Bonchev–Trinajstić information content (AvgIpc) is 3.10. The van der Waals surface area contributed by atoms with Crippen molar-refractivity contribution in [1.29, 1.82) is 5.26 Å². The highest BCUT2D eigenvalue weighted by atomic mass is 32.2. The molecule has 0 radical (unpaired) electrons. The first-order chi connectivity index (χ1) is 12.9. The Morgan fingerprint density at radius 2 is 2.04 bits per heavy atom. The van der Waals surface area contributed by atoms with Gasteiger partial charge in [0.25, 0.3) is 0 Å². The van der Waals surface area contributed by atoms with Crippen molar-refractivity contribution in [3.8, 4) is 6.19 Å². The number of sulfonamides is 1. The molecule has 0 bridgehead atoms. The van der Waals surface area contributed by atoms with Gasteiger partial charge < -0.3 is 15.0 Å². The van der Waals surface area contributed by atoms with Crippen LogP contribution in [0, 0.1) is 24.3 Å². The van der Waals surface area contributed by atoms with Gasteiger partial charge in [0, 0.05) is 44.0 Å². The van der Waals surface area contributed by atoms with Crippen LogP contribution in [0.3, 0.4) is 0 Å². The molecule has 2 saturated heterocycles. The Kier molecular flexibility index (Phi) is 5.99. The molecule has 1 aromatic carbocycles. The van der Waals surface area contributed by atoms with E-state index in [-0.39, 0.29) is 22.8 Å². The van der Waals surface area contributed by atoms with Crippen LogP contribution >= 0.6 is 0 Å². The quantitative estimate of drug-likeness (QED) is 0.728. The Labute approximate surface area is 159 Å². The molecule has 2 N–H and O–H groups in total. The van der Waals surface area contributed by atoms with E-state index in [4.69, 9.17) is 10.00 Å². The van der Waals surface area contributed by atoms with Gasteiger partial charge >= 0.3 is 0 Å². The summed E-state index contributed by atoms with van der Waals surface area (Å²) >= 11 is 0. The second-order valence-corrected chi connectivity index (χ2v) is 8.69. The minimum Gasteiger partial charge on any atom is -0.381 e. The third kappa shape index (κ3) is 4.77. The molecule has 2 fully saturated rings. The molecular weight excluding hydrogens is 368 g/mol. The molecule has 2 heterocycles. The molecule has 27 heavy (non-hydrogen) atoms. The van der Waals surface area contributed by atoms with Gasteiger partial charge in [-0.3, -0.25) is 4.79 Å². The van der Waals surface area contributed by atoms with Crippen LogP contribution in [0.5, 0.6) is 0 Å². The van der Waals surface area contributed by atoms with Crippen molar-refractivity contribution in [3.63, 3.8) is 0 Å². The average molecular weight is 392 g/mol. The molecule has 9 heteroatoms. The molecule has 1 atom stereocenters. The third-order valence-electron chi connectivity index (χ3n) is 4.99. The predicted molar refractivity (Wildman–Crippen MR) is 99.3 cm³/mol. The molecule has 0 aliphatic carbocycles. The highest BCUT2D eigenvalue weighted by Crippen LogP contribution is 2.23. The lowest BCUT2D eigenvalue weighted by molar-refractivity contribution is -0.122. The highest BCUT2D eigenvalue weighted by Gasteiger charge is 2.28. The zero-order valence-electron chi connectivity index (χ0n) is 15.3. The number of carbonyl (C=O) groups excluding carboxylic acids is 1. The van der Waals surface area contributed by atoms with Crippen LogP contribution in [0.25, 0.3) is 0 Å². The number of nitrogens with one attached hydrogen (secondary N) is 2. The molecule has 1 aromatic rings. The van der Waals surface area contributed by atoms with Gasteiger partial charge in [-0.15, -0.1) is 0 Å². The van der Waals surface area contributed by atoms with Gasteiger partial charge in [0.15, 0.2) is 6.19 Å². The SMILES string of the molecule is Cc1ccc(NC(=O)C2CCOCC2)cc1S(=O)(=O)N[C@@H]1CCN(C#N)C1. The molecule has 1 amide bonds. The van der Waals surface area contributed by atoms with Gasteiger partial charge in [0.05, 0.1) is 4.90 Å². The summed E-state index contributed by atoms with van der Waals surface area (Å²) in [4.78, 5) is 14.1. The second-order valence-electron chi connectivity index (χ2n) is 7.01. The molecular formula is C18H24N4O4S. The number of anilines is 1. The number of amides is 1. The van der Waals surface area contributed by atoms with Crippen molar-refractivity contribution in [1.82, 2.24) is 9.62 Å². The second kappa shape index (κ2) is 8.25. The Morgan fingerprint density at radius 3 is 2.70 bits per heavy atom. The number of hydrogen-bond acceptors (Lipinski definition) is 6. The van der Waals surface area contributed by atoms with Gasteiger partial charge in [-0.25, -0.2) is 13.1 Å². The molecule has 2 aliphatic rings. The van der Waals surface area contributed by atoms with Crippen LogP contribution in [0.4, 0.5) is 5.69 Å². The van der Waals surface area contributed by atoms with Crippen molar-refractivity contribution in [2.24, 2.45) is 5.92 Å². The highest BCUT2D eigenvalue weighted by molar-refractivity contribution is 7.89. The number of hydrogen-bond donors (Lipinski definition) is 2. The fourth-order valence-corrected chi connectivity index (χ4v) is 4.93. The van der Waals surface area contributed by atoms with Crippen LogP contribution in [0.15, 0.2) is 23.1 Å². The zero-order valence-corrected chi connectivity index (χ0v) is 16.1. The van der Waals surface area contributed by atoms with Crippen LogP contribution < -0.4 is 10.0 Å². The fourth-order valence-electron chi connectivity index (χ4n) is 3.40. The van der Waals surface area contributed by atoms with Crippen molar-refractivity contribution in [2.45, 2.75) is 37.1 Å². The maximum Gasteiger partial charge on any atom is 0.241 e. The fraction of sp³-hybridized carbons (Fsp3) is 0.556. The molecule has 2 aliphatic heterocycles. The number of aryl methyl sites for hydroxylation is 1. The standard InChI is InChI=1S/C18H24N4O4S/c1-13-2-3-15(20-18(23)14-5-8-26-9-6-14)10-17(13)27(24,25)21-16-4-7-22(11-16)12-19/h2-3,10,14,16,21H,4-9,11H2,1H3,(H,20,23)/t16-/m1/s1. The van der Waals surface area contributed by atoms with Gasteiger partial charge in [0.2, 0.25) is 15.9 Å². The van der Waals surface area contributed by atoms with E-state index in [0.29, 0.717) is 56.8 Å². The topological polar surface area (TPSA) is 112 Å². The third-order valence-corrected chi connectivity index (χ3v) is 6.65. The number of nitriles is 1. The van der Waals surface area contributed by atoms with E-state index in [9.17, 15) is 13.2 Å². The number of rotatable bonds is 5. The summed E-state index contributed by atoms with van der Waals surface area (Å²) in [5.74, 6) is -0.229. The minimum absolute atomic E-state index is 0.112. The van der Waals surface area contributed by atoms with Crippen LogP contribution in [-0.4, -0.2) is 51.6 Å². The minimum atomic E-state index is -3.75. The molecule has 146 valence electrons. The Hall–Kier alpha value is -2.15. The maximum absolute atomic E-state index is 12.8. The van der Waals surface area contributed by atoms with Crippen molar-refractivity contribution < 1.29 is 17.9 Å². The van der Waals surface area contributed by atoms with Crippen molar-refractivity contribution in [3.05, 3.63) is 23.8 Å². The Morgan fingerprint density at radius 1 is 1.30 bits per heavy atom. The van der Waals surface area contributed by atoms with E-state index >= 15 is 0 Å². The van der Waals surface area contributed by atoms with E-state index in [2.05, 4.69) is 10.0 Å². The van der Waals surface area contributed by atoms with Gasteiger partial charge in [-0.05, 0) is 43.9 Å². The van der Waals surface area contributed by atoms with E-state index in [1.165, 1.54) is 11.0 Å². The summed E-state index contributed by atoms with van der Waals surface area (Å²) in [7, 11) is -3.75. The first-order valence-electron chi connectivity index (χ1n) is 9.05. The largest absolute Gasteiger partial charge is 0.381 e. The molecule has 0 aromatic heterocycles. The van der Waals surface area contributed by atoms with Gasteiger partial charge in [0.1, 0.15) is 0 Å². The Balaban J connectivity index is 1.72. The monoisotopic (exact) mass is 392 g/mol. The number of ether oxygens (including phenoxy) is 1. The van der Waals surface area contributed by atoms with Crippen LogP contribution in [-0.2, 0) is 19.6 Å². The smallest absolute Gasteiger partial charge is 0.241 e. The molecule has 3 rings (SSSR count). The van der Waals surface area contributed by atoms with Crippen molar-refractivity contribution >= 4 is 21.6 Å². The van der Waals surface area contributed by atoms with Crippen LogP contribution in [0.1, 0.15) is 24.8 Å². The first kappa shape index (κ1) is 19.6. The molecule has 0 saturated carbocycles. The number of carbonyl (C=O) groups is 1. The Bertz CT molecular complexity index is 843. The maximum atomic E-state index is 12.8. The molecule has 0 unspecified atom stereocenters. The van der Waals surface area contributed by atoms with Crippen molar-refractivity contribution in [2.75, 3.05) is 31.6 Å². The van der Waals surface area contributed by atoms with E-state index in [0.717, 1.165) is 0 Å². The first-order valence-corrected chi connectivity index (χ1v) is 10.5. The summed E-state index contributed by atoms with van der Waals surface area (Å²) in [6.07, 6.45) is 3.96. The van der Waals surface area contributed by atoms with E-state index in [1.54, 1.807) is 19.1 Å². The lowest BCUT2D eigenvalue weighted by atomic mass is 9.99. The van der Waals surface area contributed by atoms with E-state index in [1.807, 2.05) is 6.19 Å². The number of nitrogens with zero attached hydrogens (tertiary/aromatic N) is 2. The summed E-state index contributed by atoms with van der Waals surface area (Å²) in [5, 5.41) is 11.7. The van der Waals surface area contributed by atoms with Crippen LogP contribution in [0.2, 0.25) is 0 Å². The summed E-state index contributed by atoms with van der Waals surface area (Å²) in [5.41, 5.74) is 1.06. The molecule has 0 spiro atoms. The lowest BCUT2D eigenvalue weighted by Crippen LogP contribution is -2.36. The lowest BCUT2D eigenvalue weighted by Gasteiger charge is -2.21. The number of likely N-dealkylation sites (tertiary alicyclic amines) is 1. The van der Waals surface area contributed by atoms with Gasteiger partial charge in [-0.2, -0.15) is 5.26 Å². The number of benzene rings is 1.